The minimum Gasteiger partial charge on any atom is -0.495 e. The molecule has 0 aliphatic heterocycles. The molecule has 162 valence electrons. The predicted molar refractivity (Wildman–Crippen MR) is 124 cm³/mol. The van der Waals surface area contributed by atoms with Gasteiger partial charge in [-0.3, -0.25) is 9.52 Å². The standard InChI is InChI=1S/C24H26N2O4S/c1-15-6-10-20(18(4)12-15)26-31(28,29)23-14-19(9-8-17(23)3)24(27)25-21-13-16(2)7-11-22(21)30-5/h6-14,26H,1-5H3,(H,25,27). The van der Waals surface area contributed by atoms with E-state index in [1.54, 1.807) is 37.3 Å². The van der Waals surface area contributed by atoms with Crippen LogP contribution in [-0.2, 0) is 10.0 Å². The van der Waals surface area contributed by atoms with Crippen molar-refractivity contribution in [1.29, 1.82) is 0 Å². The number of nitrogens with one attached hydrogen (secondary N) is 2. The van der Waals surface area contributed by atoms with Gasteiger partial charge in [0.05, 0.1) is 23.4 Å². The second-order valence-electron chi connectivity index (χ2n) is 7.56. The summed E-state index contributed by atoms with van der Waals surface area (Å²) in [5.74, 6) is 0.0993. The minimum atomic E-state index is -3.88. The Morgan fingerprint density at radius 2 is 1.48 bits per heavy atom. The molecule has 0 bridgehead atoms. The molecule has 0 heterocycles. The Balaban J connectivity index is 1.92. The van der Waals surface area contributed by atoms with Gasteiger partial charge in [-0.1, -0.05) is 29.8 Å². The van der Waals surface area contributed by atoms with Crippen LogP contribution < -0.4 is 14.8 Å². The highest BCUT2D eigenvalue weighted by atomic mass is 32.2. The van der Waals surface area contributed by atoms with Crippen LogP contribution in [0.25, 0.3) is 0 Å². The summed E-state index contributed by atoms with van der Waals surface area (Å²) in [7, 11) is -2.36. The van der Waals surface area contributed by atoms with Gasteiger partial charge in [0.25, 0.3) is 15.9 Å². The topological polar surface area (TPSA) is 84.5 Å². The van der Waals surface area contributed by atoms with Gasteiger partial charge in [-0.05, 0) is 74.7 Å². The zero-order valence-corrected chi connectivity index (χ0v) is 19.1. The molecule has 0 unspecified atom stereocenters. The van der Waals surface area contributed by atoms with Gasteiger partial charge in [-0.15, -0.1) is 0 Å². The molecule has 3 aromatic carbocycles. The van der Waals surface area contributed by atoms with Crippen LogP contribution in [0.3, 0.4) is 0 Å². The second kappa shape index (κ2) is 8.81. The zero-order chi connectivity index (χ0) is 22.8. The lowest BCUT2D eigenvalue weighted by Gasteiger charge is -2.15. The maximum Gasteiger partial charge on any atom is 0.262 e. The van der Waals surface area contributed by atoms with Crippen molar-refractivity contribution < 1.29 is 17.9 Å². The fourth-order valence-electron chi connectivity index (χ4n) is 3.27. The van der Waals surface area contributed by atoms with E-state index >= 15 is 0 Å². The number of aryl methyl sites for hydroxylation is 4. The molecule has 0 fully saturated rings. The molecule has 2 N–H and O–H groups in total. The minimum absolute atomic E-state index is 0.0522. The highest BCUT2D eigenvalue weighted by Gasteiger charge is 2.20. The molecule has 0 radical (unpaired) electrons. The Morgan fingerprint density at radius 3 is 2.16 bits per heavy atom. The molecule has 0 aliphatic carbocycles. The number of amides is 1. The first-order chi connectivity index (χ1) is 14.6. The molecule has 6 nitrogen and oxygen atoms in total. The summed E-state index contributed by atoms with van der Waals surface area (Å²) in [4.78, 5) is 12.9. The highest BCUT2D eigenvalue weighted by molar-refractivity contribution is 7.92. The zero-order valence-electron chi connectivity index (χ0n) is 18.2. The lowest BCUT2D eigenvalue weighted by Crippen LogP contribution is -2.18. The smallest absolute Gasteiger partial charge is 0.262 e. The summed E-state index contributed by atoms with van der Waals surface area (Å²) in [5, 5.41) is 2.80. The summed E-state index contributed by atoms with van der Waals surface area (Å²) in [6.45, 7) is 7.39. The summed E-state index contributed by atoms with van der Waals surface area (Å²) in [5.41, 5.74) is 4.62. The van der Waals surface area contributed by atoms with E-state index in [0.29, 0.717) is 22.7 Å². The normalized spacial score (nSPS) is 11.1. The summed E-state index contributed by atoms with van der Waals surface area (Å²) in [6.07, 6.45) is 0. The van der Waals surface area contributed by atoms with Crippen LogP contribution in [0.4, 0.5) is 11.4 Å². The number of ether oxygens (including phenoxy) is 1. The van der Waals surface area contributed by atoms with Crippen molar-refractivity contribution in [2.24, 2.45) is 0 Å². The van der Waals surface area contributed by atoms with E-state index in [4.69, 9.17) is 4.74 Å². The van der Waals surface area contributed by atoms with Crippen LogP contribution in [-0.4, -0.2) is 21.4 Å². The van der Waals surface area contributed by atoms with Crippen molar-refractivity contribution in [2.75, 3.05) is 17.1 Å². The molecule has 3 rings (SSSR count). The Labute approximate surface area is 183 Å². The average molecular weight is 439 g/mol. The lowest BCUT2D eigenvalue weighted by molar-refractivity contribution is 0.102. The molecular weight excluding hydrogens is 412 g/mol. The van der Waals surface area contributed by atoms with Gasteiger partial charge in [0.15, 0.2) is 0 Å². The van der Waals surface area contributed by atoms with Crippen molar-refractivity contribution in [2.45, 2.75) is 32.6 Å². The first kappa shape index (κ1) is 22.4. The van der Waals surface area contributed by atoms with Gasteiger partial charge < -0.3 is 10.1 Å². The van der Waals surface area contributed by atoms with E-state index in [0.717, 1.165) is 16.7 Å². The van der Waals surface area contributed by atoms with Crippen LogP contribution in [0.2, 0.25) is 0 Å². The average Bonchev–Trinajstić information content (AvgIpc) is 2.70. The van der Waals surface area contributed by atoms with Crippen LogP contribution in [0.5, 0.6) is 5.75 Å². The molecule has 7 heteroatoms. The number of benzene rings is 3. The Kier molecular flexibility index (Phi) is 6.36. The third-order valence-corrected chi connectivity index (χ3v) is 6.48. The first-order valence-corrected chi connectivity index (χ1v) is 11.3. The van der Waals surface area contributed by atoms with Gasteiger partial charge >= 0.3 is 0 Å². The molecule has 31 heavy (non-hydrogen) atoms. The number of hydrogen-bond acceptors (Lipinski definition) is 4. The van der Waals surface area contributed by atoms with Crippen molar-refractivity contribution in [3.63, 3.8) is 0 Å². The Bertz CT molecular complexity index is 1250. The third kappa shape index (κ3) is 5.06. The number of carbonyl (C=O) groups is 1. The lowest BCUT2D eigenvalue weighted by atomic mass is 10.1. The number of sulfonamides is 1. The fraction of sp³-hybridized carbons (Fsp3) is 0.208. The van der Waals surface area contributed by atoms with Gasteiger partial charge in [0.1, 0.15) is 5.75 Å². The van der Waals surface area contributed by atoms with E-state index < -0.39 is 15.9 Å². The van der Waals surface area contributed by atoms with E-state index in [1.165, 1.54) is 13.2 Å². The van der Waals surface area contributed by atoms with Crippen LogP contribution in [0, 0.1) is 27.7 Å². The number of hydrogen-bond donors (Lipinski definition) is 2. The maximum absolute atomic E-state index is 13.1. The second-order valence-corrected chi connectivity index (χ2v) is 9.21. The Morgan fingerprint density at radius 1 is 0.806 bits per heavy atom. The molecule has 0 aromatic heterocycles. The first-order valence-electron chi connectivity index (χ1n) is 9.77. The van der Waals surface area contributed by atoms with Gasteiger partial charge in [-0.25, -0.2) is 8.42 Å². The van der Waals surface area contributed by atoms with Gasteiger partial charge in [0.2, 0.25) is 0 Å². The fourth-order valence-corrected chi connectivity index (χ4v) is 4.68. The van der Waals surface area contributed by atoms with E-state index in [-0.39, 0.29) is 10.5 Å². The molecule has 0 spiro atoms. The van der Waals surface area contributed by atoms with Crippen LogP contribution in [0.1, 0.15) is 32.6 Å². The molecule has 0 saturated heterocycles. The quantitative estimate of drug-likeness (QED) is 0.568. The van der Waals surface area contributed by atoms with Gasteiger partial charge in [-0.2, -0.15) is 0 Å². The Hall–Kier alpha value is -3.32. The maximum atomic E-state index is 13.1. The summed E-state index contributed by atoms with van der Waals surface area (Å²) < 4.78 is 34.1. The molecule has 0 atom stereocenters. The molecular formula is C24H26N2O4S. The molecule has 0 aliphatic rings. The SMILES string of the molecule is COc1ccc(C)cc1NC(=O)c1ccc(C)c(S(=O)(=O)Nc2ccc(C)cc2C)c1. The number of rotatable bonds is 6. The number of carbonyl (C=O) groups excluding carboxylic acids is 1. The van der Waals surface area contributed by atoms with Crippen molar-refractivity contribution >= 4 is 27.3 Å². The largest absolute Gasteiger partial charge is 0.495 e. The number of anilines is 2. The van der Waals surface area contributed by atoms with Gasteiger partial charge in [0, 0.05) is 5.56 Å². The van der Waals surface area contributed by atoms with Crippen molar-refractivity contribution in [3.8, 4) is 5.75 Å². The third-order valence-electron chi connectivity index (χ3n) is 4.97. The van der Waals surface area contributed by atoms with Crippen molar-refractivity contribution in [1.82, 2.24) is 0 Å². The van der Waals surface area contributed by atoms with E-state index in [2.05, 4.69) is 10.0 Å². The number of methoxy groups -OCH3 is 1. The van der Waals surface area contributed by atoms with E-state index in [1.807, 2.05) is 39.0 Å². The summed E-state index contributed by atoms with van der Waals surface area (Å²) >= 11 is 0. The monoisotopic (exact) mass is 438 g/mol. The molecule has 1 amide bonds. The van der Waals surface area contributed by atoms with E-state index in [9.17, 15) is 13.2 Å². The summed E-state index contributed by atoms with van der Waals surface area (Å²) in [6, 6.07) is 15.5. The molecule has 3 aromatic rings. The van der Waals surface area contributed by atoms with Crippen molar-refractivity contribution in [3.05, 3.63) is 82.4 Å². The van der Waals surface area contributed by atoms with Crippen LogP contribution in [0.15, 0.2) is 59.5 Å². The highest BCUT2D eigenvalue weighted by Crippen LogP contribution is 2.27. The molecule has 0 saturated carbocycles. The van der Waals surface area contributed by atoms with Crippen LogP contribution >= 0.6 is 0 Å². The predicted octanol–water partition coefficient (Wildman–Crippen LogP) is 4.98.